The third-order valence-corrected chi connectivity index (χ3v) is 8.50. The highest BCUT2D eigenvalue weighted by Gasteiger charge is 2.29. The van der Waals surface area contributed by atoms with Crippen LogP contribution in [0.3, 0.4) is 0 Å². The molecule has 0 spiro atoms. The number of ether oxygens (including phenoxy) is 3. The molecule has 2 aromatic carbocycles. The van der Waals surface area contributed by atoms with Crippen LogP contribution in [0, 0.1) is 5.92 Å². The van der Waals surface area contributed by atoms with Crippen LogP contribution in [0.15, 0.2) is 73.2 Å². The zero-order valence-electron chi connectivity index (χ0n) is 36.2. The number of aromatic amines is 1. The number of esters is 3. The summed E-state index contributed by atoms with van der Waals surface area (Å²) in [5, 5.41) is 20.4. The molecule has 0 aliphatic rings. The monoisotopic (exact) mass is 870 g/mol. The first kappa shape index (κ1) is 54.3. The first-order valence-corrected chi connectivity index (χ1v) is 20.3. The lowest BCUT2D eigenvalue weighted by Crippen LogP contribution is -2.44. The van der Waals surface area contributed by atoms with Gasteiger partial charge in [-0.3, -0.25) is 9.59 Å². The molecule has 1 heterocycles. The number of nitrogens with two attached hydrogens (primary N) is 5. The molecule has 62 heavy (non-hydrogen) atoms. The van der Waals surface area contributed by atoms with Gasteiger partial charge in [0.1, 0.15) is 35.9 Å². The van der Waals surface area contributed by atoms with Crippen molar-refractivity contribution in [2.45, 2.75) is 128 Å². The van der Waals surface area contributed by atoms with Crippen LogP contribution in [0.25, 0.3) is 0 Å². The Kier molecular flexibility index (Phi) is 25.2. The average molecular weight is 871 g/mol. The summed E-state index contributed by atoms with van der Waals surface area (Å²) < 4.78 is 15.0. The van der Waals surface area contributed by atoms with E-state index in [9.17, 15) is 28.8 Å². The molecule has 1 amide bonds. The number of benzene rings is 2. The van der Waals surface area contributed by atoms with Gasteiger partial charge in [0.15, 0.2) is 0 Å². The van der Waals surface area contributed by atoms with Crippen molar-refractivity contribution >= 4 is 35.9 Å². The predicted molar refractivity (Wildman–Crippen MR) is 231 cm³/mol. The lowest BCUT2D eigenvalue weighted by Gasteiger charge is -2.25. The van der Waals surface area contributed by atoms with Crippen LogP contribution in [0.4, 0.5) is 4.79 Å². The number of carbonyl (C=O) groups is 6. The summed E-state index contributed by atoms with van der Waals surface area (Å²) in [6.07, 6.45) is 4.40. The molecule has 14 N–H and O–H groups in total. The highest BCUT2D eigenvalue weighted by atomic mass is 16.6. The molecule has 19 nitrogen and oxygen atoms in total. The van der Waals surface area contributed by atoms with Crippen molar-refractivity contribution in [3.63, 3.8) is 0 Å². The van der Waals surface area contributed by atoms with E-state index in [0.29, 0.717) is 37.9 Å². The number of rotatable bonds is 21. The number of unbranched alkanes of at least 4 members (excludes halogenated alkanes) is 1. The SMILES string of the molecule is CC(C)(C)OC(=O)N[C@@H](Cc1ccccc1)C(=O)O.CC(C)C[C@H](N)[C@H](CC(=O)O)OC(=O)[C@@H](N)Cc1ccccc1.NCCCC[C@H](N)C(=O)OC(=O)[C@@H](N)Cc1c[nH]cn1. The Morgan fingerprint density at radius 1 is 0.774 bits per heavy atom. The van der Waals surface area contributed by atoms with Crippen molar-refractivity contribution < 1.29 is 53.2 Å². The summed E-state index contributed by atoms with van der Waals surface area (Å²) in [7, 11) is 0. The van der Waals surface area contributed by atoms with E-state index in [0.717, 1.165) is 17.5 Å². The Balaban J connectivity index is 0.000000467. The summed E-state index contributed by atoms with van der Waals surface area (Å²) in [6, 6.07) is 14.3. The molecule has 0 aliphatic carbocycles. The molecule has 19 heteroatoms. The number of hydrogen-bond acceptors (Lipinski definition) is 15. The van der Waals surface area contributed by atoms with E-state index < -0.39 is 77.9 Å². The van der Waals surface area contributed by atoms with Crippen molar-refractivity contribution in [3.05, 3.63) is 90.0 Å². The van der Waals surface area contributed by atoms with Gasteiger partial charge in [0.25, 0.3) is 0 Å². The van der Waals surface area contributed by atoms with Gasteiger partial charge in [0.05, 0.1) is 18.4 Å². The Bertz CT molecular complexity index is 1770. The zero-order chi connectivity index (χ0) is 46.8. The highest BCUT2D eigenvalue weighted by Crippen LogP contribution is 2.14. The molecule has 0 unspecified atom stereocenters. The Labute approximate surface area is 362 Å². The van der Waals surface area contributed by atoms with Gasteiger partial charge < -0.3 is 63.4 Å². The van der Waals surface area contributed by atoms with Gasteiger partial charge in [0.2, 0.25) is 0 Å². The van der Waals surface area contributed by atoms with Gasteiger partial charge in [-0.15, -0.1) is 0 Å². The summed E-state index contributed by atoms with van der Waals surface area (Å²) in [5.74, 6) is -4.05. The van der Waals surface area contributed by atoms with Crippen molar-refractivity contribution in [1.29, 1.82) is 0 Å². The number of nitrogens with one attached hydrogen (secondary N) is 2. The Morgan fingerprint density at radius 3 is 1.81 bits per heavy atom. The molecule has 1 aromatic heterocycles. The number of nitrogens with zero attached hydrogens (tertiary/aromatic N) is 1. The van der Waals surface area contributed by atoms with Crippen molar-refractivity contribution in [2.75, 3.05) is 6.54 Å². The molecule has 0 saturated heterocycles. The molecule has 0 aliphatic heterocycles. The smallest absolute Gasteiger partial charge is 0.408 e. The van der Waals surface area contributed by atoms with Gasteiger partial charge >= 0.3 is 35.9 Å². The molecule has 0 radical (unpaired) electrons. The van der Waals surface area contributed by atoms with Crippen molar-refractivity contribution in [3.8, 4) is 0 Å². The Morgan fingerprint density at radius 2 is 1.32 bits per heavy atom. The van der Waals surface area contributed by atoms with Crippen LogP contribution in [0.1, 0.15) is 83.5 Å². The second-order valence-electron chi connectivity index (χ2n) is 15.9. The van der Waals surface area contributed by atoms with Crippen molar-refractivity contribution in [1.82, 2.24) is 15.3 Å². The van der Waals surface area contributed by atoms with Gasteiger partial charge in [-0.2, -0.15) is 0 Å². The maximum absolute atomic E-state index is 12.1. The largest absolute Gasteiger partial charge is 0.481 e. The molecule has 0 fully saturated rings. The third kappa shape index (κ3) is 24.5. The lowest BCUT2D eigenvalue weighted by atomic mass is 9.98. The molecule has 344 valence electrons. The molecular weight excluding hydrogens is 805 g/mol. The summed E-state index contributed by atoms with van der Waals surface area (Å²) in [6.45, 7) is 9.65. The van der Waals surface area contributed by atoms with Gasteiger partial charge in [0, 0.05) is 25.1 Å². The predicted octanol–water partition coefficient (Wildman–Crippen LogP) is 2.33. The fraction of sp³-hybridized carbons (Fsp3) is 0.512. The fourth-order valence-corrected chi connectivity index (χ4v) is 5.42. The second kappa shape index (κ2) is 28.7. The summed E-state index contributed by atoms with van der Waals surface area (Å²) in [4.78, 5) is 75.7. The number of carboxylic acids is 2. The molecule has 3 rings (SSSR count). The van der Waals surface area contributed by atoms with E-state index >= 15 is 0 Å². The number of H-pyrrole nitrogens is 1. The molecule has 0 saturated carbocycles. The normalized spacial score (nSPS) is 13.9. The number of alkyl carbamates (subject to hydrolysis) is 1. The van der Waals surface area contributed by atoms with Crippen LogP contribution in [0.2, 0.25) is 0 Å². The number of carbonyl (C=O) groups excluding carboxylic acids is 4. The fourth-order valence-electron chi connectivity index (χ4n) is 5.42. The number of carboxylic acid groups (broad SMARTS) is 2. The maximum atomic E-state index is 12.1. The van der Waals surface area contributed by atoms with Crippen LogP contribution >= 0.6 is 0 Å². The van der Waals surface area contributed by atoms with E-state index in [-0.39, 0.29) is 25.2 Å². The topological polar surface area (TPSA) is 341 Å². The molecule has 6 atom stereocenters. The lowest BCUT2D eigenvalue weighted by molar-refractivity contribution is -0.162. The third-order valence-electron chi connectivity index (χ3n) is 8.50. The number of imidazole rings is 1. The first-order valence-electron chi connectivity index (χ1n) is 20.3. The zero-order valence-corrected chi connectivity index (χ0v) is 36.2. The van der Waals surface area contributed by atoms with Crippen LogP contribution in [0.5, 0.6) is 0 Å². The summed E-state index contributed by atoms with van der Waals surface area (Å²) >= 11 is 0. The molecular formula is C43H66N8O11. The minimum Gasteiger partial charge on any atom is -0.481 e. The number of aromatic nitrogens is 2. The average Bonchev–Trinajstić information content (AvgIpc) is 3.70. The first-order chi connectivity index (χ1) is 29.1. The summed E-state index contributed by atoms with van der Waals surface area (Å²) in [5.41, 5.74) is 30.2. The van der Waals surface area contributed by atoms with Crippen LogP contribution in [-0.2, 0) is 57.4 Å². The quantitative estimate of drug-likeness (QED) is 0.0321. The van der Waals surface area contributed by atoms with Gasteiger partial charge in [-0.1, -0.05) is 80.9 Å². The standard InChI is InChI=1S/C17H26N2O4.C14H19NO4.C12H21N5O3/c1-11(2)8-13(18)15(10-16(20)21)23-17(22)14(19)9-12-6-4-3-5-7-12;1-14(2,3)19-13(18)15-11(12(16)17)9-10-7-5-4-6-8-10;13-4-2-1-3-9(14)11(18)20-12(19)10(15)5-8-6-16-7-17-8/h3-7,11,13-15H,8-10,18-19H2,1-2H3,(H,20,21);4-8,11H,9H2,1-3H3,(H,15,18)(H,16,17);6-7,9-10H,1-5,13-15H2,(H,16,17)/t13-,14-,15-;11-;9-,10-/m000/s1. The van der Waals surface area contributed by atoms with Crippen LogP contribution in [-0.4, -0.2) is 105 Å². The Hall–Kier alpha value is -5.73. The molecule has 3 aromatic rings. The van der Waals surface area contributed by atoms with E-state index in [4.69, 9.17) is 48.4 Å². The maximum Gasteiger partial charge on any atom is 0.408 e. The number of aliphatic carboxylic acids is 2. The van der Waals surface area contributed by atoms with Gasteiger partial charge in [-0.05, 0) is 70.0 Å². The molecule has 0 bridgehead atoms. The highest BCUT2D eigenvalue weighted by molar-refractivity contribution is 5.90. The van der Waals surface area contributed by atoms with Crippen molar-refractivity contribution in [2.24, 2.45) is 34.6 Å². The number of amides is 1. The van der Waals surface area contributed by atoms with E-state index in [1.807, 2.05) is 74.5 Å². The second-order valence-corrected chi connectivity index (χ2v) is 15.9. The minimum absolute atomic E-state index is 0.192. The van der Waals surface area contributed by atoms with Crippen LogP contribution < -0.4 is 34.0 Å². The minimum atomic E-state index is -1.09. The van der Waals surface area contributed by atoms with E-state index in [1.54, 1.807) is 27.0 Å². The number of hydrogen-bond donors (Lipinski definition) is 9. The van der Waals surface area contributed by atoms with Gasteiger partial charge in [-0.25, -0.2) is 24.2 Å². The van der Waals surface area contributed by atoms with E-state index in [2.05, 4.69) is 20.0 Å². The van der Waals surface area contributed by atoms with E-state index in [1.165, 1.54) is 6.33 Å².